The zero-order chi connectivity index (χ0) is 32.0. The van der Waals surface area contributed by atoms with E-state index in [4.69, 9.17) is 0 Å². The summed E-state index contributed by atoms with van der Waals surface area (Å²) in [6.07, 6.45) is -6.40. The lowest BCUT2D eigenvalue weighted by Crippen LogP contribution is -2.48. The van der Waals surface area contributed by atoms with E-state index in [1.165, 1.54) is 51.9 Å². The van der Waals surface area contributed by atoms with E-state index in [-0.39, 0.29) is 36.0 Å². The van der Waals surface area contributed by atoms with E-state index in [9.17, 15) is 43.9 Å². The van der Waals surface area contributed by atoms with Crippen molar-refractivity contribution in [2.45, 2.75) is 61.9 Å². The number of carbonyl (C=O) groups excluding carboxylic acids is 1. The molecule has 14 heteroatoms. The Kier molecular flexibility index (Phi) is 8.53. The molecule has 0 bridgehead atoms. The van der Waals surface area contributed by atoms with Gasteiger partial charge in [0.1, 0.15) is 10.7 Å². The fourth-order valence-corrected chi connectivity index (χ4v) is 7.19. The second-order valence-corrected chi connectivity index (χ2v) is 13.1. The first-order chi connectivity index (χ1) is 20.6. The standard InChI is InChI=1S/C30H28F7N3O3S/c1-18-11-22(31)4-7-25(18)27-17-39(44(42,43)24-3-2-9-38-15-24)10-8-26(27)28(41)40(23-5-6-23)16-19-12-20(29(32,33)34)14-21(13-19)30(35,36)37/h2-4,7,9,11-15,23,26-27H,5-6,8,10,16-17H2,1H3/t26-,27+/m1/s1. The molecule has 2 heterocycles. The third-order valence-corrected chi connectivity index (χ3v) is 9.92. The Hall–Kier alpha value is -3.52. The smallest absolute Gasteiger partial charge is 0.335 e. The highest BCUT2D eigenvalue weighted by molar-refractivity contribution is 7.89. The van der Waals surface area contributed by atoms with Crippen molar-refractivity contribution in [3.63, 3.8) is 0 Å². The lowest BCUT2D eigenvalue weighted by Gasteiger charge is -2.40. The molecule has 2 aromatic carbocycles. The first-order valence-electron chi connectivity index (χ1n) is 13.8. The molecule has 0 unspecified atom stereocenters. The number of piperidine rings is 1. The van der Waals surface area contributed by atoms with Crippen LogP contribution in [0, 0.1) is 18.7 Å². The van der Waals surface area contributed by atoms with Crippen LogP contribution in [0.5, 0.6) is 0 Å². The Morgan fingerprint density at radius 1 is 0.977 bits per heavy atom. The number of amides is 1. The summed E-state index contributed by atoms with van der Waals surface area (Å²) in [5, 5.41) is 0. The van der Waals surface area contributed by atoms with E-state index in [2.05, 4.69) is 4.98 Å². The van der Waals surface area contributed by atoms with Gasteiger partial charge in [-0.1, -0.05) is 6.07 Å². The van der Waals surface area contributed by atoms with Crippen LogP contribution < -0.4 is 0 Å². The number of hydrogen-bond donors (Lipinski definition) is 0. The Labute approximate surface area is 249 Å². The van der Waals surface area contributed by atoms with Crippen molar-refractivity contribution < 1.29 is 43.9 Å². The fraction of sp³-hybridized carbons (Fsp3) is 0.400. The van der Waals surface area contributed by atoms with Gasteiger partial charge in [0.15, 0.2) is 0 Å². The quantitative estimate of drug-likeness (QED) is 0.274. The summed E-state index contributed by atoms with van der Waals surface area (Å²) in [4.78, 5) is 19.3. The molecule has 1 aliphatic carbocycles. The molecule has 5 rings (SSSR count). The molecule has 2 fully saturated rings. The number of sulfonamides is 1. The number of nitrogens with zero attached hydrogens (tertiary/aromatic N) is 3. The summed E-state index contributed by atoms with van der Waals surface area (Å²) in [6, 6.07) is 7.65. The van der Waals surface area contributed by atoms with Crippen LogP contribution in [0.25, 0.3) is 0 Å². The summed E-state index contributed by atoms with van der Waals surface area (Å²) >= 11 is 0. The Morgan fingerprint density at radius 2 is 1.64 bits per heavy atom. The SMILES string of the molecule is Cc1cc(F)ccc1[C@@H]1CN(S(=O)(=O)c2cccnc2)CC[C@H]1C(=O)N(Cc1cc(C(F)(F)F)cc(C(F)(F)F)c1)C1CC1. The second-order valence-electron chi connectivity index (χ2n) is 11.2. The molecule has 44 heavy (non-hydrogen) atoms. The number of aromatic nitrogens is 1. The van der Waals surface area contributed by atoms with Gasteiger partial charge in [0.2, 0.25) is 15.9 Å². The highest BCUT2D eigenvalue weighted by atomic mass is 32.2. The normalized spacial score (nSPS) is 20.0. The predicted molar refractivity (Wildman–Crippen MR) is 145 cm³/mol. The summed E-state index contributed by atoms with van der Waals surface area (Å²) in [7, 11) is -4.02. The summed E-state index contributed by atoms with van der Waals surface area (Å²) in [5.74, 6) is -2.68. The van der Waals surface area contributed by atoms with E-state index >= 15 is 0 Å². The highest BCUT2D eigenvalue weighted by Crippen LogP contribution is 2.41. The number of rotatable bonds is 7. The number of hydrogen-bond acceptors (Lipinski definition) is 4. The average Bonchev–Trinajstić information content (AvgIpc) is 3.80. The van der Waals surface area contributed by atoms with Crippen LogP contribution in [-0.2, 0) is 33.7 Å². The van der Waals surface area contributed by atoms with Crippen LogP contribution in [-0.4, -0.2) is 47.6 Å². The molecule has 6 nitrogen and oxygen atoms in total. The molecule has 1 saturated heterocycles. The number of alkyl halides is 6. The summed E-state index contributed by atoms with van der Waals surface area (Å²) in [6.45, 7) is 0.916. The van der Waals surface area contributed by atoms with Crippen LogP contribution in [0.4, 0.5) is 30.7 Å². The largest absolute Gasteiger partial charge is 0.416 e. The van der Waals surface area contributed by atoms with Crippen molar-refractivity contribution in [3.05, 3.63) is 94.6 Å². The van der Waals surface area contributed by atoms with E-state index in [1.54, 1.807) is 6.92 Å². The van der Waals surface area contributed by atoms with Crippen molar-refractivity contribution >= 4 is 15.9 Å². The predicted octanol–water partition coefficient (Wildman–Crippen LogP) is 6.55. The van der Waals surface area contributed by atoms with Crippen molar-refractivity contribution in [1.82, 2.24) is 14.2 Å². The van der Waals surface area contributed by atoms with Crippen LogP contribution in [0.2, 0.25) is 0 Å². The molecule has 3 aromatic rings. The van der Waals surface area contributed by atoms with E-state index in [0.717, 1.165) is 0 Å². The van der Waals surface area contributed by atoms with Gasteiger partial charge in [-0.25, -0.2) is 12.8 Å². The third-order valence-electron chi connectivity index (χ3n) is 8.07. The lowest BCUT2D eigenvalue weighted by molar-refractivity contribution is -0.143. The number of benzene rings is 2. The Balaban J connectivity index is 1.50. The molecule has 0 radical (unpaired) electrons. The molecule has 1 aliphatic heterocycles. The maximum Gasteiger partial charge on any atom is 0.416 e. The first-order valence-corrected chi connectivity index (χ1v) is 15.2. The fourth-order valence-electron chi connectivity index (χ4n) is 5.75. The van der Waals surface area contributed by atoms with Crippen LogP contribution in [0.15, 0.2) is 65.8 Å². The molecule has 1 amide bonds. The minimum Gasteiger partial charge on any atom is -0.335 e. The zero-order valence-electron chi connectivity index (χ0n) is 23.4. The van der Waals surface area contributed by atoms with Gasteiger partial charge in [0, 0.05) is 49.9 Å². The summed E-state index contributed by atoms with van der Waals surface area (Å²) < 4.78 is 123. The van der Waals surface area contributed by atoms with Crippen LogP contribution >= 0.6 is 0 Å². The van der Waals surface area contributed by atoms with Gasteiger partial charge < -0.3 is 4.90 Å². The Bertz CT molecular complexity index is 1610. The van der Waals surface area contributed by atoms with E-state index in [1.807, 2.05) is 0 Å². The van der Waals surface area contributed by atoms with Crippen molar-refractivity contribution in [2.24, 2.45) is 5.92 Å². The first kappa shape index (κ1) is 31.9. The molecule has 2 atom stereocenters. The van der Waals surface area contributed by atoms with Gasteiger partial charge >= 0.3 is 12.4 Å². The van der Waals surface area contributed by atoms with Crippen molar-refractivity contribution in [3.8, 4) is 0 Å². The van der Waals surface area contributed by atoms with Crippen molar-refractivity contribution in [2.75, 3.05) is 13.1 Å². The third kappa shape index (κ3) is 6.75. The molecule has 236 valence electrons. The number of pyridine rings is 1. The molecule has 1 saturated carbocycles. The topological polar surface area (TPSA) is 70.6 Å². The Morgan fingerprint density at radius 3 is 2.18 bits per heavy atom. The van der Waals surface area contributed by atoms with Gasteiger partial charge in [0.05, 0.1) is 11.1 Å². The maximum atomic E-state index is 14.2. The number of aryl methyl sites for hydroxylation is 1. The average molecular weight is 644 g/mol. The summed E-state index contributed by atoms with van der Waals surface area (Å²) in [5.41, 5.74) is -2.28. The molecule has 1 aromatic heterocycles. The monoisotopic (exact) mass is 643 g/mol. The van der Waals surface area contributed by atoms with Crippen molar-refractivity contribution in [1.29, 1.82) is 0 Å². The van der Waals surface area contributed by atoms with E-state index < -0.39 is 69.6 Å². The number of carbonyl (C=O) groups is 1. The molecular weight excluding hydrogens is 615 g/mol. The minimum absolute atomic E-state index is 0.0272. The molecule has 0 spiro atoms. The van der Waals surface area contributed by atoms with Gasteiger partial charge in [-0.05, 0) is 85.3 Å². The highest BCUT2D eigenvalue weighted by Gasteiger charge is 2.45. The molecule has 0 N–H and O–H groups in total. The minimum atomic E-state index is -5.04. The maximum absolute atomic E-state index is 14.2. The van der Waals surface area contributed by atoms with E-state index in [0.29, 0.717) is 36.1 Å². The lowest BCUT2D eigenvalue weighted by atomic mass is 9.79. The van der Waals surface area contributed by atoms with Gasteiger partial charge in [0.25, 0.3) is 0 Å². The second kappa shape index (κ2) is 11.8. The van der Waals surface area contributed by atoms with Gasteiger partial charge in [-0.15, -0.1) is 0 Å². The zero-order valence-corrected chi connectivity index (χ0v) is 24.2. The molecular formula is C30H28F7N3O3S. The number of halogens is 7. The van der Waals surface area contributed by atoms with Gasteiger partial charge in [-0.3, -0.25) is 9.78 Å². The van der Waals surface area contributed by atoms with Gasteiger partial charge in [-0.2, -0.15) is 30.6 Å². The molecule has 2 aliphatic rings. The van der Waals surface area contributed by atoms with Crippen LogP contribution in [0.1, 0.15) is 53.0 Å². The van der Waals surface area contributed by atoms with Crippen LogP contribution in [0.3, 0.4) is 0 Å².